The maximum Gasteiger partial charge on any atom is 0.335 e. The minimum atomic E-state index is -1.17. The Morgan fingerprint density at radius 1 is 1.00 bits per heavy atom. The molecular formula is C20H21N3O6. The number of methoxy groups -OCH3 is 2. The van der Waals surface area contributed by atoms with Gasteiger partial charge >= 0.3 is 12.0 Å². The van der Waals surface area contributed by atoms with E-state index in [1.807, 2.05) is 0 Å². The molecule has 0 spiro atoms. The Morgan fingerprint density at radius 2 is 1.76 bits per heavy atom. The van der Waals surface area contributed by atoms with Gasteiger partial charge in [0.1, 0.15) is 0 Å². The number of rotatable bonds is 7. The smallest absolute Gasteiger partial charge is 0.335 e. The van der Waals surface area contributed by atoms with Gasteiger partial charge in [0.15, 0.2) is 11.5 Å². The van der Waals surface area contributed by atoms with Crippen molar-refractivity contribution in [2.24, 2.45) is 0 Å². The lowest BCUT2D eigenvalue weighted by Crippen LogP contribution is -2.30. The highest BCUT2D eigenvalue weighted by atomic mass is 16.5. The molecule has 0 aliphatic heterocycles. The summed E-state index contributed by atoms with van der Waals surface area (Å²) in [7, 11) is 2.76. The fourth-order valence-electron chi connectivity index (χ4n) is 2.69. The van der Waals surface area contributed by atoms with E-state index < -0.39 is 11.9 Å². The first-order valence-corrected chi connectivity index (χ1v) is 8.89. The predicted molar refractivity (Wildman–Crippen MR) is 106 cm³/mol. The third-order valence-electron chi connectivity index (χ3n) is 4.27. The number of anilines is 2. The normalized spacial score (nSPS) is 12.6. The van der Waals surface area contributed by atoms with Gasteiger partial charge < -0.3 is 30.5 Å². The number of benzene rings is 2. The van der Waals surface area contributed by atoms with Gasteiger partial charge in [0.05, 0.1) is 25.5 Å². The minimum Gasteiger partial charge on any atom is -0.493 e. The van der Waals surface area contributed by atoms with Gasteiger partial charge in [-0.05, 0) is 43.2 Å². The lowest BCUT2D eigenvalue weighted by Gasteiger charge is -2.15. The molecule has 0 heterocycles. The van der Waals surface area contributed by atoms with Crippen molar-refractivity contribution >= 4 is 29.3 Å². The largest absolute Gasteiger partial charge is 0.493 e. The van der Waals surface area contributed by atoms with Crippen molar-refractivity contribution in [2.75, 3.05) is 24.9 Å². The topological polar surface area (TPSA) is 126 Å². The standard InChI is InChI=1S/C20H21N3O6/c1-28-16-10-12(19(25)26)9-15(17(16)29-2)23-18(24)11-4-3-5-14(8-11)22-20(27)21-13-6-7-13/h3-5,8-10,13H,6-7H2,1-2H3,(H,23,24)(H,25,26)(H2,21,22,27). The van der Waals surface area contributed by atoms with Crippen LogP contribution in [0.25, 0.3) is 0 Å². The van der Waals surface area contributed by atoms with Crippen LogP contribution in [0.3, 0.4) is 0 Å². The molecule has 0 atom stereocenters. The van der Waals surface area contributed by atoms with Crippen molar-refractivity contribution in [2.45, 2.75) is 18.9 Å². The summed E-state index contributed by atoms with van der Waals surface area (Å²) >= 11 is 0. The Balaban J connectivity index is 1.80. The second-order valence-electron chi connectivity index (χ2n) is 6.47. The molecule has 29 heavy (non-hydrogen) atoms. The Labute approximate surface area is 167 Å². The van der Waals surface area contributed by atoms with Crippen molar-refractivity contribution in [1.29, 1.82) is 0 Å². The quantitative estimate of drug-likeness (QED) is 0.567. The van der Waals surface area contributed by atoms with Gasteiger partial charge in [0.2, 0.25) is 0 Å². The number of carbonyl (C=O) groups excluding carboxylic acids is 2. The van der Waals surface area contributed by atoms with Crippen molar-refractivity contribution in [3.63, 3.8) is 0 Å². The second kappa shape index (κ2) is 8.51. The summed E-state index contributed by atoms with van der Waals surface area (Å²) in [6.45, 7) is 0. The molecule has 9 heteroatoms. The van der Waals surface area contributed by atoms with Crippen LogP contribution in [0.4, 0.5) is 16.2 Å². The first-order chi connectivity index (χ1) is 13.9. The van der Waals surface area contributed by atoms with E-state index in [4.69, 9.17) is 9.47 Å². The average Bonchev–Trinajstić information content (AvgIpc) is 3.51. The molecule has 3 amide bonds. The van der Waals surface area contributed by atoms with Crippen molar-refractivity contribution in [3.8, 4) is 11.5 Å². The van der Waals surface area contributed by atoms with E-state index in [-0.39, 0.29) is 40.4 Å². The molecule has 0 aromatic heterocycles. The SMILES string of the molecule is COc1cc(C(=O)O)cc(NC(=O)c2cccc(NC(=O)NC3CC3)c2)c1OC. The highest BCUT2D eigenvalue weighted by molar-refractivity contribution is 6.07. The second-order valence-corrected chi connectivity index (χ2v) is 6.47. The fraction of sp³-hybridized carbons (Fsp3) is 0.250. The first kappa shape index (κ1) is 20.0. The number of urea groups is 1. The highest BCUT2D eigenvalue weighted by Gasteiger charge is 2.23. The molecule has 0 radical (unpaired) electrons. The van der Waals surface area contributed by atoms with Gasteiger partial charge in [-0.3, -0.25) is 4.79 Å². The molecule has 2 aromatic carbocycles. The van der Waals surface area contributed by atoms with Crippen LogP contribution in [-0.2, 0) is 0 Å². The molecule has 4 N–H and O–H groups in total. The van der Waals surface area contributed by atoms with Crippen LogP contribution in [0.5, 0.6) is 11.5 Å². The molecule has 1 fully saturated rings. The van der Waals surface area contributed by atoms with Gasteiger partial charge in [-0.15, -0.1) is 0 Å². The van der Waals surface area contributed by atoms with E-state index in [2.05, 4.69) is 16.0 Å². The van der Waals surface area contributed by atoms with Crippen molar-refractivity contribution in [1.82, 2.24) is 5.32 Å². The van der Waals surface area contributed by atoms with Crippen LogP contribution >= 0.6 is 0 Å². The molecule has 9 nitrogen and oxygen atoms in total. The van der Waals surface area contributed by atoms with Gasteiger partial charge in [-0.25, -0.2) is 9.59 Å². The maximum atomic E-state index is 12.7. The molecule has 3 rings (SSSR count). The van der Waals surface area contributed by atoms with Gasteiger partial charge in [0.25, 0.3) is 5.91 Å². The molecule has 0 bridgehead atoms. The fourth-order valence-corrected chi connectivity index (χ4v) is 2.69. The van der Waals surface area contributed by atoms with Crippen LogP contribution in [0.1, 0.15) is 33.6 Å². The van der Waals surface area contributed by atoms with Crippen LogP contribution < -0.4 is 25.4 Å². The van der Waals surface area contributed by atoms with Gasteiger partial charge in [0, 0.05) is 17.3 Å². The maximum absolute atomic E-state index is 12.7. The molecule has 0 saturated heterocycles. The average molecular weight is 399 g/mol. The lowest BCUT2D eigenvalue weighted by molar-refractivity contribution is 0.0696. The summed E-state index contributed by atoms with van der Waals surface area (Å²) < 4.78 is 10.4. The van der Waals surface area contributed by atoms with E-state index in [9.17, 15) is 19.5 Å². The van der Waals surface area contributed by atoms with Gasteiger partial charge in [-0.1, -0.05) is 6.07 Å². The van der Waals surface area contributed by atoms with Crippen molar-refractivity contribution in [3.05, 3.63) is 47.5 Å². The van der Waals surface area contributed by atoms with Crippen molar-refractivity contribution < 1.29 is 29.0 Å². The summed E-state index contributed by atoms with van der Waals surface area (Å²) in [5.74, 6) is -1.30. The van der Waals surface area contributed by atoms with E-state index in [1.54, 1.807) is 18.2 Å². The highest BCUT2D eigenvalue weighted by Crippen LogP contribution is 2.37. The van der Waals surface area contributed by atoms with Crippen LogP contribution in [0, 0.1) is 0 Å². The Bertz CT molecular complexity index is 955. The molecule has 1 saturated carbocycles. The predicted octanol–water partition coefficient (Wildman–Crippen LogP) is 2.94. The third-order valence-corrected chi connectivity index (χ3v) is 4.27. The van der Waals surface area contributed by atoms with E-state index >= 15 is 0 Å². The number of carbonyl (C=O) groups is 3. The lowest BCUT2D eigenvalue weighted by atomic mass is 10.1. The summed E-state index contributed by atoms with van der Waals surface area (Å²) in [5.41, 5.74) is 0.819. The zero-order chi connectivity index (χ0) is 21.0. The molecule has 1 aliphatic carbocycles. The Kier molecular flexibility index (Phi) is 5.87. The number of carboxylic acids is 1. The molecule has 0 unspecified atom stereocenters. The number of hydrogen-bond acceptors (Lipinski definition) is 5. The number of hydrogen-bond donors (Lipinski definition) is 4. The van der Waals surface area contributed by atoms with Crippen LogP contribution in [-0.4, -0.2) is 43.3 Å². The summed E-state index contributed by atoms with van der Waals surface area (Å²) in [6, 6.07) is 8.87. The van der Waals surface area contributed by atoms with E-state index in [0.29, 0.717) is 5.69 Å². The van der Waals surface area contributed by atoms with Crippen LogP contribution in [0.2, 0.25) is 0 Å². The summed E-state index contributed by atoms with van der Waals surface area (Å²) in [6.07, 6.45) is 1.94. The number of amides is 3. The molecule has 152 valence electrons. The van der Waals surface area contributed by atoms with E-state index in [1.165, 1.54) is 32.4 Å². The Hall–Kier alpha value is -3.75. The first-order valence-electron chi connectivity index (χ1n) is 8.89. The molecule has 2 aromatic rings. The molecule has 1 aliphatic rings. The van der Waals surface area contributed by atoms with Crippen LogP contribution in [0.15, 0.2) is 36.4 Å². The van der Waals surface area contributed by atoms with E-state index in [0.717, 1.165) is 12.8 Å². The zero-order valence-corrected chi connectivity index (χ0v) is 15.9. The van der Waals surface area contributed by atoms with Gasteiger partial charge in [-0.2, -0.15) is 0 Å². The minimum absolute atomic E-state index is 0.0647. The number of nitrogens with one attached hydrogen (secondary N) is 3. The Morgan fingerprint density at radius 3 is 2.38 bits per heavy atom. The number of ether oxygens (including phenoxy) is 2. The monoisotopic (exact) mass is 399 g/mol. The number of aromatic carboxylic acids is 1. The summed E-state index contributed by atoms with van der Waals surface area (Å²) in [5, 5.41) is 17.4. The molecular weight excluding hydrogens is 378 g/mol. The number of carboxylic acid groups (broad SMARTS) is 1. The third kappa shape index (κ3) is 4.95. The zero-order valence-electron chi connectivity index (χ0n) is 15.9. The summed E-state index contributed by atoms with van der Waals surface area (Å²) in [4.78, 5) is 35.9.